The molecule has 0 heterocycles. The molecule has 4 N–H and O–H groups in total. The summed E-state index contributed by atoms with van der Waals surface area (Å²) in [5.41, 5.74) is 9.41. The number of hydrogen-bond donors (Lipinski definition) is 3. The Labute approximate surface area is 131 Å². The average molecular weight is 382 g/mol. The van der Waals surface area contributed by atoms with Crippen LogP contribution >= 0.6 is 22.6 Å². The fourth-order valence-corrected chi connectivity index (χ4v) is 2.37. The summed E-state index contributed by atoms with van der Waals surface area (Å²) in [5.74, 6) is -0.156. The third kappa shape index (κ3) is 3.04. The van der Waals surface area contributed by atoms with Crippen molar-refractivity contribution < 1.29 is 9.90 Å². The molecule has 0 saturated carbocycles. The standard InChI is InChI=1S/C15H15IN2O2/c1-8-5-11(17)6-9(2)14(8)18-15(20)10-3-4-12(16)13(19)7-10/h3-7,19H,17H2,1-2H3,(H,18,20). The van der Waals surface area contributed by atoms with Gasteiger partial charge in [-0.1, -0.05) is 0 Å². The van der Waals surface area contributed by atoms with Gasteiger partial charge in [0.25, 0.3) is 5.91 Å². The monoisotopic (exact) mass is 382 g/mol. The molecule has 0 bridgehead atoms. The molecule has 0 aromatic heterocycles. The summed E-state index contributed by atoms with van der Waals surface area (Å²) in [4.78, 5) is 12.2. The van der Waals surface area contributed by atoms with E-state index in [-0.39, 0.29) is 11.7 Å². The second-order valence-electron chi connectivity index (χ2n) is 4.65. The van der Waals surface area contributed by atoms with Gasteiger partial charge < -0.3 is 16.2 Å². The van der Waals surface area contributed by atoms with Gasteiger partial charge in [-0.2, -0.15) is 0 Å². The highest BCUT2D eigenvalue weighted by Gasteiger charge is 2.12. The molecular formula is C15H15IN2O2. The average Bonchev–Trinajstić information content (AvgIpc) is 2.36. The number of nitrogens with two attached hydrogens (primary N) is 1. The lowest BCUT2D eigenvalue weighted by Crippen LogP contribution is -2.14. The maximum absolute atomic E-state index is 12.2. The lowest BCUT2D eigenvalue weighted by Gasteiger charge is -2.13. The topological polar surface area (TPSA) is 75.3 Å². The normalized spacial score (nSPS) is 10.3. The van der Waals surface area contributed by atoms with E-state index in [4.69, 9.17) is 5.73 Å². The Morgan fingerprint density at radius 3 is 2.35 bits per heavy atom. The molecular weight excluding hydrogens is 367 g/mol. The molecule has 5 heteroatoms. The Morgan fingerprint density at radius 1 is 1.20 bits per heavy atom. The Kier molecular flexibility index (Phi) is 4.17. The molecule has 0 radical (unpaired) electrons. The zero-order valence-electron chi connectivity index (χ0n) is 11.2. The van der Waals surface area contributed by atoms with Crippen molar-refractivity contribution in [3.8, 4) is 5.75 Å². The molecule has 0 fully saturated rings. The van der Waals surface area contributed by atoms with Gasteiger partial charge in [0.2, 0.25) is 0 Å². The van der Waals surface area contributed by atoms with Crippen molar-refractivity contribution in [2.75, 3.05) is 11.1 Å². The number of carbonyl (C=O) groups is 1. The van der Waals surface area contributed by atoms with E-state index in [2.05, 4.69) is 5.32 Å². The lowest BCUT2D eigenvalue weighted by atomic mass is 10.1. The zero-order chi connectivity index (χ0) is 14.9. The molecule has 0 saturated heterocycles. The number of aromatic hydroxyl groups is 1. The smallest absolute Gasteiger partial charge is 0.255 e. The maximum atomic E-state index is 12.2. The van der Waals surface area contributed by atoms with Crippen LogP contribution in [-0.2, 0) is 0 Å². The van der Waals surface area contributed by atoms with Crippen LogP contribution in [0.4, 0.5) is 11.4 Å². The van der Waals surface area contributed by atoms with Gasteiger partial charge in [0.15, 0.2) is 0 Å². The number of amides is 1. The molecule has 1 amide bonds. The van der Waals surface area contributed by atoms with Gasteiger partial charge in [-0.25, -0.2) is 0 Å². The van der Waals surface area contributed by atoms with Crippen molar-refractivity contribution in [2.45, 2.75) is 13.8 Å². The van der Waals surface area contributed by atoms with Gasteiger partial charge >= 0.3 is 0 Å². The highest BCUT2D eigenvalue weighted by Crippen LogP contribution is 2.25. The Hall–Kier alpha value is -1.76. The molecule has 0 aliphatic heterocycles. The number of aryl methyl sites for hydroxylation is 2. The van der Waals surface area contributed by atoms with Gasteiger partial charge in [-0.3, -0.25) is 4.79 Å². The molecule has 104 valence electrons. The first-order valence-corrected chi connectivity index (χ1v) is 7.13. The number of phenolic OH excluding ortho intramolecular Hbond substituents is 1. The molecule has 20 heavy (non-hydrogen) atoms. The maximum Gasteiger partial charge on any atom is 0.255 e. The minimum atomic E-state index is -0.257. The summed E-state index contributed by atoms with van der Waals surface area (Å²) in [6.45, 7) is 3.79. The number of anilines is 2. The number of nitrogens with one attached hydrogen (secondary N) is 1. The predicted molar refractivity (Wildman–Crippen MR) is 89.1 cm³/mol. The van der Waals surface area contributed by atoms with Gasteiger partial charge in [0.05, 0.1) is 3.57 Å². The van der Waals surface area contributed by atoms with Crippen molar-refractivity contribution in [3.05, 3.63) is 50.6 Å². The van der Waals surface area contributed by atoms with E-state index in [1.165, 1.54) is 6.07 Å². The highest BCUT2D eigenvalue weighted by molar-refractivity contribution is 14.1. The predicted octanol–water partition coefficient (Wildman–Crippen LogP) is 3.45. The van der Waals surface area contributed by atoms with Gasteiger partial charge in [0, 0.05) is 16.9 Å². The minimum absolute atomic E-state index is 0.101. The van der Waals surface area contributed by atoms with Gasteiger partial charge in [-0.15, -0.1) is 0 Å². The van der Waals surface area contributed by atoms with Crippen LogP contribution in [0, 0.1) is 17.4 Å². The summed E-state index contributed by atoms with van der Waals surface area (Å²) in [6, 6.07) is 8.47. The molecule has 0 unspecified atom stereocenters. The van der Waals surface area contributed by atoms with Gasteiger partial charge in [0.1, 0.15) is 5.75 Å². The molecule has 2 aromatic rings. The summed E-state index contributed by atoms with van der Waals surface area (Å²) < 4.78 is 0.707. The number of benzene rings is 2. The van der Waals surface area contributed by atoms with E-state index < -0.39 is 0 Å². The fourth-order valence-electron chi connectivity index (χ4n) is 2.03. The Bertz CT molecular complexity index is 661. The van der Waals surface area contributed by atoms with Crippen LogP contribution in [0.2, 0.25) is 0 Å². The van der Waals surface area contributed by atoms with E-state index in [1.807, 2.05) is 48.6 Å². The third-order valence-corrected chi connectivity index (χ3v) is 3.91. The second-order valence-corrected chi connectivity index (χ2v) is 5.81. The molecule has 0 atom stereocenters. The van der Waals surface area contributed by atoms with Crippen LogP contribution in [0.5, 0.6) is 5.75 Å². The van der Waals surface area contributed by atoms with Crippen molar-refractivity contribution in [2.24, 2.45) is 0 Å². The SMILES string of the molecule is Cc1cc(N)cc(C)c1NC(=O)c1ccc(I)c(O)c1. The number of hydrogen-bond acceptors (Lipinski definition) is 3. The number of halogens is 1. The quantitative estimate of drug-likeness (QED) is 0.550. The number of carbonyl (C=O) groups excluding carboxylic acids is 1. The van der Waals surface area contributed by atoms with Crippen LogP contribution in [0.1, 0.15) is 21.5 Å². The number of phenols is 1. The molecule has 2 aromatic carbocycles. The first-order valence-electron chi connectivity index (χ1n) is 6.05. The summed E-state index contributed by atoms with van der Waals surface area (Å²) in [7, 11) is 0. The van der Waals surface area contributed by atoms with Gasteiger partial charge in [-0.05, 0) is 77.9 Å². The van der Waals surface area contributed by atoms with Crippen molar-refractivity contribution in [1.82, 2.24) is 0 Å². The summed E-state index contributed by atoms with van der Waals surface area (Å²) in [6.07, 6.45) is 0. The fraction of sp³-hybridized carbons (Fsp3) is 0.133. The van der Waals surface area contributed by atoms with Crippen molar-refractivity contribution in [3.63, 3.8) is 0 Å². The molecule has 0 aliphatic carbocycles. The minimum Gasteiger partial charge on any atom is -0.507 e. The molecule has 2 rings (SSSR count). The van der Waals surface area contributed by atoms with Crippen LogP contribution in [-0.4, -0.2) is 11.0 Å². The second kappa shape index (κ2) is 5.70. The van der Waals surface area contributed by atoms with Crippen LogP contribution < -0.4 is 11.1 Å². The van der Waals surface area contributed by atoms with E-state index >= 15 is 0 Å². The van der Waals surface area contributed by atoms with Crippen LogP contribution in [0.15, 0.2) is 30.3 Å². The van der Waals surface area contributed by atoms with E-state index in [0.717, 1.165) is 16.8 Å². The first-order chi connectivity index (χ1) is 9.38. The van der Waals surface area contributed by atoms with E-state index in [1.54, 1.807) is 12.1 Å². The first kappa shape index (κ1) is 14.6. The third-order valence-electron chi connectivity index (χ3n) is 3.00. The largest absolute Gasteiger partial charge is 0.507 e. The molecule has 4 nitrogen and oxygen atoms in total. The van der Waals surface area contributed by atoms with Crippen LogP contribution in [0.25, 0.3) is 0 Å². The molecule has 0 spiro atoms. The van der Waals surface area contributed by atoms with Crippen molar-refractivity contribution in [1.29, 1.82) is 0 Å². The van der Waals surface area contributed by atoms with Crippen LogP contribution in [0.3, 0.4) is 0 Å². The van der Waals surface area contributed by atoms with E-state index in [9.17, 15) is 9.90 Å². The summed E-state index contributed by atoms with van der Waals surface area (Å²) >= 11 is 2.01. The lowest BCUT2D eigenvalue weighted by molar-refractivity contribution is 0.102. The Balaban J connectivity index is 2.30. The number of rotatable bonds is 2. The van der Waals surface area contributed by atoms with Crippen molar-refractivity contribution >= 4 is 39.9 Å². The molecule has 0 aliphatic rings. The zero-order valence-corrected chi connectivity index (χ0v) is 13.4. The number of nitrogen functional groups attached to an aromatic ring is 1. The summed E-state index contributed by atoms with van der Waals surface area (Å²) in [5, 5.41) is 12.5. The Morgan fingerprint density at radius 2 is 1.80 bits per heavy atom. The highest BCUT2D eigenvalue weighted by atomic mass is 127. The van der Waals surface area contributed by atoms with E-state index in [0.29, 0.717) is 14.8 Å².